The first kappa shape index (κ1) is 55.1. The number of aromatic nitrogens is 1. The lowest BCUT2D eigenvalue weighted by Gasteiger charge is -2.28. The predicted molar refractivity (Wildman–Crippen MR) is 248 cm³/mol. The molecule has 8 amide bonds. The Labute approximate surface area is 405 Å². The molecule has 0 fully saturated rings. The Balaban J connectivity index is 1.67. The van der Waals surface area contributed by atoms with Gasteiger partial charge < -0.3 is 62.4 Å². The van der Waals surface area contributed by atoms with Gasteiger partial charge in [-0.25, -0.2) is 13.4 Å². The molecule has 7 atom stereocenters. The standard InChI is InChI=1S/C44H55N9O15S2/c1-5-7-29-41(63)53-36(22(3)6-2)37(59)43(65)51-30(16-24-8-11-26(54)12-9-24)44-48-25(20-69-44)10-15-34(57)49-32(21-70(66,67)68)40(62)45-18-31(42(64)50-29)52-38(60)23(4)47-35(58)19-46-39(61)28-17-27(55)13-14-33(28)56/h8-15,17,20,22-23,29-32,36,54-56H,5-7,16,18-19,21H2,1-4H3,(H,45,62)(H,46,61)(H,47,58)(H,49,57)(H,50,64)(H,51,65)(H,52,60)(H,53,63)(H,66,67,68)/p-1/b15-10+/t22?,23-,29-,30+,31-,32-,36-/m0/s1. The van der Waals surface area contributed by atoms with E-state index in [1.807, 2.05) is 0 Å². The van der Waals surface area contributed by atoms with E-state index in [1.54, 1.807) is 32.9 Å². The number of nitrogens with zero attached hydrogens (tertiary/aromatic N) is 1. The molecule has 0 saturated heterocycles. The number of Topliss-reactive ketones (excluding diaryl/α,β-unsaturated/α-hetero) is 1. The fraction of sp³-hybridized carbons (Fsp3) is 0.409. The molecule has 4 rings (SSSR count). The van der Waals surface area contributed by atoms with Gasteiger partial charge in [0.2, 0.25) is 41.2 Å². The maximum Gasteiger partial charge on any atom is 0.290 e. The highest BCUT2D eigenvalue weighted by Gasteiger charge is 2.36. The number of hydrogen-bond donors (Lipinski definition) is 11. The highest BCUT2D eigenvalue weighted by molar-refractivity contribution is 7.85. The number of hydrogen-bond acceptors (Lipinski definition) is 17. The smallest absolute Gasteiger partial charge is 0.290 e. The average Bonchev–Trinajstić information content (AvgIpc) is 3.79. The summed E-state index contributed by atoms with van der Waals surface area (Å²) in [6.45, 7) is 4.56. The third kappa shape index (κ3) is 16.7. The van der Waals surface area contributed by atoms with Crippen molar-refractivity contribution in [2.45, 2.75) is 89.6 Å². The van der Waals surface area contributed by atoms with Crippen LogP contribution in [0.4, 0.5) is 0 Å². The third-order valence-electron chi connectivity index (χ3n) is 10.7. The number of thiazole rings is 1. The van der Waals surface area contributed by atoms with E-state index in [0.29, 0.717) is 12.0 Å². The molecular formula is C44H54N9O15S2-. The van der Waals surface area contributed by atoms with Gasteiger partial charge in [-0.05, 0) is 67.7 Å². The Morgan fingerprint density at radius 2 is 1.54 bits per heavy atom. The summed E-state index contributed by atoms with van der Waals surface area (Å²) in [5, 5.41) is 50.0. The van der Waals surface area contributed by atoms with Gasteiger partial charge in [-0.1, -0.05) is 45.7 Å². The molecule has 70 heavy (non-hydrogen) atoms. The van der Waals surface area contributed by atoms with E-state index in [-0.39, 0.29) is 47.0 Å². The topological polar surface area (TPSA) is 381 Å². The lowest BCUT2D eigenvalue weighted by molar-refractivity contribution is -0.141. The Morgan fingerprint density at radius 3 is 2.20 bits per heavy atom. The number of benzene rings is 2. The number of nitrogens with one attached hydrogen (secondary N) is 8. The van der Waals surface area contributed by atoms with Gasteiger partial charge in [-0.2, -0.15) is 0 Å². The molecule has 0 saturated carbocycles. The molecule has 2 bridgehead atoms. The SMILES string of the molecule is CCC[C@@H]1NC(=O)[C@@H](NC(=O)[C@H](C)NC(=O)CNC(=O)c2cc(O)ccc2O)CNC(=O)[C@H](CS(=O)(=O)[O-])NC(=O)/C=C/c2csc(n2)[C@@H](Cc2ccc(O)cc2)NC(=O)C(=O)[C@H](C(C)CC)NC1=O. The second-order valence-corrected chi connectivity index (χ2v) is 18.5. The Hall–Kier alpha value is -7.45. The Kier molecular flexibility index (Phi) is 19.9. The molecule has 24 nitrogen and oxygen atoms in total. The molecule has 3 aromatic rings. The van der Waals surface area contributed by atoms with Crippen molar-refractivity contribution in [1.29, 1.82) is 0 Å². The van der Waals surface area contributed by atoms with Crippen molar-refractivity contribution in [2.24, 2.45) is 5.92 Å². The zero-order chi connectivity index (χ0) is 51.9. The van der Waals surface area contributed by atoms with Crippen LogP contribution >= 0.6 is 11.3 Å². The van der Waals surface area contributed by atoms with E-state index in [2.05, 4.69) is 47.5 Å². The van der Waals surface area contributed by atoms with E-state index in [0.717, 1.165) is 35.6 Å². The number of fused-ring (bicyclic) bond motifs is 2. The van der Waals surface area contributed by atoms with E-state index in [9.17, 15) is 71.4 Å². The number of phenols is 3. The van der Waals surface area contributed by atoms with E-state index >= 15 is 0 Å². The van der Waals surface area contributed by atoms with Gasteiger partial charge >= 0.3 is 0 Å². The van der Waals surface area contributed by atoms with Crippen LogP contribution in [0.15, 0.2) is 53.9 Å². The van der Waals surface area contributed by atoms with Crippen molar-refractivity contribution in [3.8, 4) is 17.2 Å². The molecule has 11 N–H and O–H groups in total. The molecule has 1 aliphatic rings. The van der Waals surface area contributed by atoms with Crippen LogP contribution < -0.4 is 42.5 Å². The van der Waals surface area contributed by atoms with Crippen molar-refractivity contribution >= 4 is 80.6 Å². The number of rotatable bonds is 14. The normalized spacial score (nSPS) is 21.1. The average molecular weight is 1010 g/mol. The molecule has 0 spiro atoms. The van der Waals surface area contributed by atoms with Gasteiger partial charge in [0.15, 0.2) is 0 Å². The Bertz CT molecular complexity index is 2590. The fourth-order valence-electron chi connectivity index (χ4n) is 6.68. The summed E-state index contributed by atoms with van der Waals surface area (Å²) >= 11 is 1.04. The van der Waals surface area contributed by atoms with Gasteiger partial charge in [0.05, 0.1) is 45.8 Å². The molecule has 0 radical (unpaired) electrons. The third-order valence-corrected chi connectivity index (χ3v) is 12.4. The van der Waals surface area contributed by atoms with E-state index < -0.39 is 130 Å². The van der Waals surface area contributed by atoms with Crippen LogP contribution in [0.1, 0.15) is 79.6 Å². The fourth-order valence-corrected chi connectivity index (χ4v) is 8.16. The van der Waals surface area contributed by atoms with Crippen molar-refractivity contribution in [1.82, 2.24) is 47.5 Å². The van der Waals surface area contributed by atoms with Crippen LogP contribution in [0.3, 0.4) is 0 Å². The highest BCUT2D eigenvalue weighted by Crippen LogP contribution is 2.25. The van der Waals surface area contributed by atoms with E-state index in [4.69, 9.17) is 0 Å². The summed E-state index contributed by atoms with van der Waals surface area (Å²) in [4.78, 5) is 126. The lowest BCUT2D eigenvalue weighted by Crippen LogP contribution is -2.61. The summed E-state index contributed by atoms with van der Waals surface area (Å²) in [6.07, 6.45) is 2.59. The zero-order valence-corrected chi connectivity index (χ0v) is 39.9. The lowest BCUT2D eigenvalue weighted by atomic mass is 9.94. The number of aromatic hydroxyl groups is 3. The molecular weight excluding hydrogens is 959 g/mol. The van der Waals surface area contributed by atoms with Crippen molar-refractivity contribution in [3.63, 3.8) is 0 Å². The number of carbonyl (C=O) groups is 9. The maximum atomic E-state index is 14.0. The molecule has 1 aliphatic heterocycles. The predicted octanol–water partition coefficient (Wildman–Crippen LogP) is -1.36. The van der Waals surface area contributed by atoms with Crippen molar-refractivity contribution in [2.75, 3.05) is 18.8 Å². The monoisotopic (exact) mass is 1010 g/mol. The quantitative estimate of drug-likeness (QED) is 0.0505. The van der Waals surface area contributed by atoms with Crippen LogP contribution in [-0.4, -0.2) is 135 Å². The summed E-state index contributed by atoms with van der Waals surface area (Å²) < 4.78 is 35.7. The van der Waals surface area contributed by atoms with Crippen LogP contribution in [0.5, 0.6) is 17.2 Å². The number of ketones is 1. The van der Waals surface area contributed by atoms with Crippen molar-refractivity contribution < 1.29 is 71.4 Å². The first-order chi connectivity index (χ1) is 33.0. The van der Waals surface area contributed by atoms with Gasteiger partial charge in [-0.3, -0.25) is 43.2 Å². The number of carbonyl (C=O) groups excluding carboxylic acids is 9. The van der Waals surface area contributed by atoms with Gasteiger partial charge in [0.1, 0.15) is 46.4 Å². The van der Waals surface area contributed by atoms with Gasteiger partial charge in [-0.15, -0.1) is 11.3 Å². The van der Waals surface area contributed by atoms with Crippen LogP contribution in [0, 0.1) is 5.92 Å². The highest BCUT2D eigenvalue weighted by atomic mass is 32.2. The molecule has 378 valence electrons. The summed E-state index contributed by atoms with van der Waals surface area (Å²) in [5.41, 5.74) is 0.388. The first-order valence-corrected chi connectivity index (χ1v) is 24.2. The van der Waals surface area contributed by atoms with Gasteiger partial charge in [0, 0.05) is 18.0 Å². The Morgan fingerprint density at radius 1 is 0.857 bits per heavy atom. The minimum atomic E-state index is -5.21. The molecule has 1 unspecified atom stereocenters. The second kappa shape index (κ2) is 25.2. The van der Waals surface area contributed by atoms with Crippen LogP contribution in [0.25, 0.3) is 6.08 Å². The first-order valence-electron chi connectivity index (χ1n) is 21.8. The largest absolute Gasteiger partial charge is 0.748 e. The summed E-state index contributed by atoms with van der Waals surface area (Å²) in [6, 6.07) is -0.126. The van der Waals surface area contributed by atoms with Gasteiger partial charge in [0.25, 0.3) is 11.8 Å². The zero-order valence-electron chi connectivity index (χ0n) is 38.3. The summed E-state index contributed by atoms with van der Waals surface area (Å²) in [5.74, 6) is -12.5. The van der Waals surface area contributed by atoms with Crippen LogP contribution in [0.2, 0.25) is 0 Å². The molecule has 26 heteroatoms. The second-order valence-electron chi connectivity index (χ2n) is 16.2. The minimum absolute atomic E-state index is 0.0316. The number of phenolic OH excluding ortho intramolecular Hbond substituents is 3. The summed E-state index contributed by atoms with van der Waals surface area (Å²) in [7, 11) is -5.21. The van der Waals surface area contributed by atoms with Crippen LogP contribution in [-0.2, 0) is 54.9 Å². The van der Waals surface area contributed by atoms with E-state index in [1.165, 1.54) is 30.5 Å². The van der Waals surface area contributed by atoms with Crippen molar-refractivity contribution in [3.05, 3.63) is 75.7 Å². The number of amides is 8. The molecule has 2 heterocycles. The minimum Gasteiger partial charge on any atom is -0.748 e. The molecule has 1 aromatic heterocycles. The molecule has 0 aliphatic carbocycles. The maximum absolute atomic E-state index is 14.0. The molecule has 2 aromatic carbocycles.